The number of aromatic nitrogens is 1. The quantitative estimate of drug-likeness (QED) is 0.922. The Morgan fingerprint density at radius 1 is 1.19 bits per heavy atom. The maximum atomic E-state index is 12.6. The molecule has 1 aromatic carbocycles. The zero-order valence-electron chi connectivity index (χ0n) is 14.5. The summed E-state index contributed by atoms with van der Waals surface area (Å²) >= 11 is 0. The number of hydrogen-bond acceptors (Lipinski definition) is 4. The fourth-order valence-electron chi connectivity index (χ4n) is 3.49. The second-order valence-corrected chi connectivity index (χ2v) is 6.66. The van der Waals surface area contributed by atoms with Crippen molar-refractivity contribution < 1.29 is 14.3 Å². The normalized spacial score (nSPS) is 19.1. The van der Waals surface area contributed by atoms with Gasteiger partial charge in [0.15, 0.2) is 0 Å². The molecule has 0 spiro atoms. The van der Waals surface area contributed by atoms with Gasteiger partial charge in [0.25, 0.3) is 11.8 Å². The van der Waals surface area contributed by atoms with E-state index >= 15 is 0 Å². The molecule has 1 unspecified atom stereocenters. The average Bonchev–Trinajstić information content (AvgIpc) is 3.22. The lowest BCUT2D eigenvalue weighted by Gasteiger charge is -2.31. The van der Waals surface area contributed by atoms with Crippen molar-refractivity contribution in [1.82, 2.24) is 9.88 Å². The number of ether oxygens (including phenoxy) is 1. The largest absolute Gasteiger partial charge is 0.368 e. The summed E-state index contributed by atoms with van der Waals surface area (Å²) in [6.07, 6.45) is 3.88. The van der Waals surface area contributed by atoms with Crippen LogP contribution in [0.15, 0.2) is 42.6 Å². The lowest BCUT2D eigenvalue weighted by atomic mass is 9.98. The predicted molar refractivity (Wildman–Crippen MR) is 96.7 cm³/mol. The number of nitrogens with one attached hydrogen (secondary N) is 1. The maximum absolute atomic E-state index is 12.6. The van der Waals surface area contributed by atoms with Gasteiger partial charge in [-0.15, -0.1) is 0 Å². The van der Waals surface area contributed by atoms with Crippen LogP contribution in [-0.4, -0.2) is 41.0 Å². The Morgan fingerprint density at radius 3 is 2.88 bits per heavy atom. The Morgan fingerprint density at radius 2 is 2.12 bits per heavy atom. The van der Waals surface area contributed by atoms with E-state index in [1.165, 1.54) is 5.56 Å². The first-order chi connectivity index (χ1) is 12.7. The molecule has 0 bridgehead atoms. The van der Waals surface area contributed by atoms with Gasteiger partial charge < -0.3 is 15.0 Å². The number of hydrogen-bond donors (Lipinski definition) is 1. The lowest BCUT2D eigenvalue weighted by Crippen LogP contribution is -2.41. The van der Waals surface area contributed by atoms with Crippen molar-refractivity contribution >= 4 is 17.5 Å². The summed E-state index contributed by atoms with van der Waals surface area (Å²) in [4.78, 5) is 30.8. The summed E-state index contributed by atoms with van der Waals surface area (Å²) in [6, 6.07) is 11.1. The molecule has 0 radical (unpaired) electrons. The van der Waals surface area contributed by atoms with Crippen molar-refractivity contribution in [1.29, 1.82) is 0 Å². The van der Waals surface area contributed by atoms with Crippen molar-refractivity contribution in [3.05, 3.63) is 59.4 Å². The molecule has 2 aliphatic rings. The zero-order chi connectivity index (χ0) is 17.9. The van der Waals surface area contributed by atoms with E-state index in [2.05, 4.69) is 10.3 Å². The third-order valence-electron chi connectivity index (χ3n) is 4.89. The number of pyridine rings is 1. The minimum absolute atomic E-state index is 0.0797. The summed E-state index contributed by atoms with van der Waals surface area (Å²) in [5.74, 6) is -0.162. The molecule has 134 valence electrons. The van der Waals surface area contributed by atoms with E-state index in [0.29, 0.717) is 31.1 Å². The van der Waals surface area contributed by atoms with Gasteiger partial charge in [0.05, 0.1) is 0 Å². The van der Waals surface area contributed by atoms with Gasteiger partial charge in [-0.1, -0.05) is 12.1 Å². The molecule has 1 saturated heterocycles. The van der Waals surface area contributed by atoms with Crippen molar-refractivity contribution in [3.63, 3.8) is 0 Å². The minimum atomic E-state index is -0.288. The zero-order valence-corrected chi connectivity index (χ0v) is 14.5. The highest BCUT2D eigenvalue weighted by Crippen LogP contribution is 2.25. The fourth-order valence-corrected chi connectivity index (χ4v) is 3.49. The van der Waals surface area contributed by atoms with Crippen LogP contribution in [0.5, 0.6) is 0 Å². The molecular formula is C20H21N3O3. The standard InChI is InChI=1S/C20H21N3O3/c24-19(17-4-1-2-9-21-17)22-16-7-6-14-8-10-23(13-15(14)12-16)20(25)18-5-3-11-26-18/h1-2,4,6-7,9,12,18H,3,5,8,10-11,13H2,(H,22,24). The third-order valence-corrected chi connectivity index (χ3v) is 4.89. The molecule has 1 aromatic heterocycles. The van der Waals surface area contributed by atoms with E-state index in [0.717, 1.165) is 24.8 Å². The summed E-state index contributed by atoms with van der Waals surface area (Å²) in [7, 11) is 0. The van der Waals surface area contributed by atoms with Gasteiger partial charge in [0, 0.05) is 31.6 Å². The van der Waals surface area contributed by atoms with Gasteiger partial charge in [0.1, 0.15) is 11.8 Å². The van der Waals surface area contributed by atoms with Crippen LogP contribution >= 0.6 is 0 Å². The molecular weight excluding hydrogens is 330 g/mol. The van der Waals surface area contributed by atoms with Crippen LogP contribution in [-0.2, 0) is 22.5 Å². The Balaban J connectivity index is 1.47. The van der Waals surface area contributed by atoms with Crippen molar-refractivity contribution in [2.45, 2.75) is 31.9 Å². The molecule has 3 heterocycles. The first kappa shape index (κ1) is 16.7. The molecule has 1 fully saturated rings. The smallest absolute Gasteiger partial charge is 0.274 e. The van der Waals surface area contributed by atoms with E-state index in [4.69, 9.17) is 4.74 Å². The number of amides is 2. The van der Waals surface area contributed by atoms with Crippen molar-refractivity contribution in [3.8, 4) is 0 Å². The number of benzene rings is 1. The van der Waals surface area contributed by atoms with Crippen LogP contribution in [0.1, 0.15) is 34.5 Å². The van der Waals surface area contributed by atoms with Crippen LogP contribution in [0.25, 0.3) is 0 Å². The summed E-state index contributed by atoms with van der Waals surface area (Å²) < 4.78 is 5.53. The molecule has 2 aliphatic heterocycles. The molecule has 6 heteroatoms. The van der Waals surface area contributed by atoms with Crippen molar-refractivity contribution in [2.75, 3.05) is 18.5 Å². The van der Waals surface area contributed by atoms with Crippen LogP contribution in [0, 0.1) is 0 Å². The van der Waals surface area contributed by atoms with Gasteiger partial charge >= 0.3 is 0 Å². The highest BCUT2D eigenvalue weighted by molar-refractivity contribution is 6.02. The summed E-state index contributed by atoms with van der Waals surface area (Å²) in [6.45, 7) is 1.94. The molecule has 1 atom stereocenters. The first-order valence-electron chi connectivity index (χ1n) is 8.95. The second-order valence-electron chi connectivity index (χ2n) is 6.66. The average molecular weight is 351 g/mol. The maximum Gasteiger partial charge on any atom is 0.274 e. The number of carbonyl (C=O) groups is 2. The van der Waals surface area contributed by atoms with E-state index in [1.807, 2.05) is 23.1 Å². The van der Waals surface area contributed by atoms with Gasteiger partial charge in [0.2, 0.25) is 0 Å². The van der Waals surface area contributed by atoms with E-state index < -0.39 is 0 Å². The first-order valence-corrected chi connectivity index (χ1v) is 8.95. The van der Waals surface area contributed by atoms with Crippen LogP contribution in [0.2, 0.25) is 0 Å². The Kier molecular flexibility index (Phi) is 4.67. The highest BCUT2D eigenvalue weighted by Gasteiger charge is 2.30. The second kappa shape index (κ2) is 7.25. The number of fused-ring (bicyclic) bond motifs is 1. The molecule has 1 N–H and O–H groups in total. The number of carbonyl (C=O) groups excluding carboxylic acids is 2. The molecule has 0 saturated carbocycles. The summed E-state index contributed by atoms with van der Waals surface area (Å²) in [5.41, 5.74) is 3.38. The molecule has 26 heavy (non-hydrogen) atoms. The Labute approximate surface area is 152 Å². The molecule has 2 amide bonds. The minimum Gasteiger partial charge on any atom is -0.368 e. The molecule has 2 aromatic rings. The molecule has 4 rings (SSSR count). The van der Waals surface area contributed by atoms with Gasteiger partial charge in [-0.05, 0) is 54.7 Å². The monoisotopic (exact) mass is 351 g/mol. The number of anilines is 1. The topological polar surface area (TPSA) is 71.5 Å². The van der Waals surface area contributed by atoms with Crippen molar-refractivity contribution in [2.24, 2.45) is 0 Å². The highest BCUT2D eigenvalue weighted by atomic mass is 16.5. The van der Waals surface area contributed by atoms with Crippen LogP contribution in [0.3, 0.4) is 0 Å². The molecule has 6 nitrogen and oxygen atoms in total. The number of nitrogens with zero attached hydrogens (tertiary/aromatic N) is 2. The van der Waals surface area contributed by atoms with E-state index in [1.54, 1.807) is 24.4 Å². The SMILES string of the molecule is O=C(Nc1ccc2c(c1)CN(C(=O)C1CCCO1)CC2)c1ccccn1. The van der Waals surface area contributed by atoms with E-state index in [9.17, 15) is 9.59 Å². The lowest BCUT2D eigenvalue weighted by molar-refractivity contribution is -0.141. The molecule has 0 aliphatic carbocycles. The Hall–Kier alpha value is -2.73. The summed E-state index contributed by atoms with van der Waals surface area (Å²) in [5, 5.41) is 2.88. The van der Waals surface area contributed by atoms with Gasteiger partial charge in [-0.3, -0.25) is 14.6 Å². The predicted octanol–water partition coefficient (Wildman–Crippen LogP) is 2.40. The Bertz CT molecular complexity index is 816. The van der Waals surface area contributed by atoms with Crippen LogP contribution in [0.4, 0.5) is 5.69 Å². The fraction of sp³-hybridized carbons (Fsp3) is 0.350. The van der Waals surface area contributed by atoms with Crippen LogP contribution < -0.4 is 5.32 Å². The van der Waals surface area contributed by atoms with Gasteiger partial charge in [-0.2, -0.15) is 0 Å². The van der Waals surface area contributed by atoms with Gasteiger partial charge in [-0.25, -0.2) is 0 Å². The van der Waals surface area contributed by atoms with E-state index in [-0.39, 0.29) is 17.9 Å². The third kappa shape index (κ3) is 3.46. The number of rotatable bonds is 3.